The second-order valence-corrected chi connectivity index (χ2v) is 8.37. The molecule has 142 valence electrons. The second-order valence-electron chi connectivity index (χ2n) is 6.60. The van der Waals surface area contributed by atoms with Crippen LogP contribution in [0.5, 0.6) is 5.75 Å². The quantitative estimate of drug-likeness (QED) is 0.739. The molecular weight excluding hydrogens is 364 g/mol. The van der Waals surface area contributed by atoms with Gasteiger partial charge in [-0.2, -0.15) is 12.5 Å². The normalized spacial score (nSPS) is 15.3. The highest BCUT2D eigenvalue weighted by molar-refractivity contribution is 7.90. The van der Waals surface area contributed by atoms with Gasteiger partial charge < -0.3 is 15.0 Å². The number of aromatic nitrogens is 2. The Morgan fingerprint density at radius 3 is 2.44 bits per heavy atom. The van der Waals surface area contributed by atoms with Crippen LogP contribution in [-0.4, -0.2) is 50.9 Å². The highest BCUT2D eigenvalue weighted by Crippen LogP contribution is 2.32. The maximum atomic E-state index is 13.2. The minimum absolute atomic E-state index is 0.222. The molecule has 1 saturated heterocycles. The number of ether oxygens (including phenoxy) is 1. The molecule has 0 aliphatic carbocycles. The summed E-state index contributed by atoms with van der Waals surface area (Å²) < 4.78 is 33.0. The lowest BCUT2D eigenvalue weighted by molar-refractivity contribution is 0.415. The minimum atomic E-state index is -3.80. The van der Waals surface area contributed by atoms with Crippen LogP contribution in [0.15, 0.2) is 47.4 Å². The van der Waals surface area contributed by atoms with Gasteiger partial charge in [-0.3, -0.25) is 0 Å². The van der Waals surface area contributed by atoms with Crippen LogP contribution >= 0.6 is 0 Å². The predicted octanol–water partition coefficient (Wildman–Crippen LogP) is 2.00. The third kappa shape index (κ3) is 3.15. The molecule has 2 aromatic carbocycles. The van der Waals surface area contributed by atoms with Crippen LogP contribution in [0.3, 0.4) is 0 Å². The zero-order valence-corrected chi connectivity index (χ0v) is 16.2. The SMILES string of the molecule is COc1ccc2c(c1)c(N1CCNCC1)nn2S(=O)(=O)c1ccc(C)cc1. The molecule has 1 aliphatic rings. The van der Waals surface area contributed by atoms with Crippen molar-refractivity contribution in [2.75, 3.05) is 38.2 Å². The van der Waals surface area contributed by atoms with Gasteiger partial charge in [-0.15, -0.1) is 5.10 Å². The fourth-order valence-electron chi connectivity index (χ4n) is 3.29. The minimum Gasteiger partial charge on any atom is -0.497 e. The lowest BCUT2D eigenvalue weighted by Gasteiger charge is -2.27. The third-order valence-corrected chi connectivity index (χ3v) is 6.40. The maximum Gasteiger partial charge on any atom is 0.283 e. The Morgan fingerprint density at radius 2 is 1.78 bits per heavy atom. The summed E-state index contributed by atoms with van der Waals surface area (Å²) in [6.07, 6.45) is 0. The predicted molar refractivity (Wildman–Crippen MR) is 105 cm³/mol. The van der Waals surface area contributed by atoms with Gasteiger partial charge >= 0.3 is 0 Å². The van der Waals surface area contributed by atoms with E-state index in [1.54, 1.807) is 43.5 Å². The first-order valence-electron chi connectivity index (χ1n) is 8.85. The summed E-state index contributed by atoms with van der Waals surface area (Å²) in [6.45, 7) is 5.14. The number of hydrogen-bond acceptors (Lipinski definition) is 6. The molecule has 1 aromatic heterocycles. The Balaban J connectivity index is 1.91. The maximum absolute atomic E-state index is 13.2. The van der Waals surface area contributed by atoms with Gasteiger partial charge in [-0.1, -0.05) is 17.7 Å². The lowest BCUT2D eigenvalue weighted by Crippen LogP contribution is -2.43. The molecule has 0 atom stereocenters. The van der Waals surface area contributed by atoms with Crippen molar-refractivity contribution in [1.29, 1.82) is 0 Å². The van der Waals surface area contributed by atoms with Gasteiger partial charge in [0.05, 0.1) is 17.5 Å². The lowest BCUT2D eigenvalue weighted by atomic mass is 10.2. The van der Waals surface area contributed by atoms with E-state index in [1.807, 2.05) is 13.0 Å². The molecule has 0 bridgehead atoms. The van der Waals surface area contributed by atoms with Crippen LogP contribution < -0.4 is 15.0 Å². The molecule has 1 aliphatic heterocycles. The first kappa shape index (κ1) is 17.8. The van der Waals surface area contributed by atoms with Crippen LogP contribution in [0.25, 0.3) is 10.9 Å². The number of piperazine rings is 1. The van der Waals surface area contributed by atoms with Crippen molar-refractivity contribution < 1.29 is 13.2 Å². The summed E-state index contributed by atoms with van der Waals surface area (Å²) in [5.41, 5.74) is 1.55. The van der Waals surface area contributed by atoms with E-state index in [1.165, 1.54) is 0 Å². The Morgan fingerprint density at radius 1 is 1.07 bits per heavy atom. The van der Waals surface area contributed by atoms with Crippen LogP contribution in [0.4, 0.5) is 5.82 Å². The van der Waals surface area contributed by atoms with Crippen LogP contribution in [0.1, 0.15) is 5.56 Å². The van der Waals surface area contributed by atoms with Crippen molar-refractivity contribution in [3.05, 3.63) is 48.0 Å². The molecule has 0 spiro atoms. The van der Waals surface area contributed by atoms with Crippen LogP contribution in [0, 0.1) is 6.92 Å². The van der Waals surface area contributed by atoms with E-state index in [-0.39, 0.29) is 4.90 Å². The van der Waals surface area contributed by atoms with Crippen LogP contribution in [0.2, 0.25) is 0 Å². The highest BCUT2D eigenvalue weighted by atomic mass is 32.2. The Kier molecular flexibility index (Phi) is 4.53. The highest BCUT2D eigenvalue weighted by Gasteiger charge is 2.26. The number of nitrogens with zero attached hydrogens (tertiary/aromatic N) is 3. The van der Waals surface area contributed by atoms with Crippen molar-refractivity contribution >= 4 is 26.7 Å². The smallest absolute Gasteiger partial charge is 0.283 e. The third-order valence-electron chi connectivity index (χ3n) is 4.80. The number of benzene rings is 2. The summed E-state index contributed by atoms with van der Waals surface area (Å²) in [6, 6.07) is 12.2. The first-order valence-corrected chi connectivity index (χ1v) is 10.3. The molecule has 1 N–H and O–H groups in total. The van der Waals surface area contributed by atoms with E-state index < -0.39 is 10.0 Å². The van der Waals surface area contributed by atoms with Crippen molar-refractivity contribution in [3.8, 4) is 5.75 Å². The number of anilines is 1. The topological polar surface area (TPSA) is 76.5 Å². The number of nitrogens with one attached hydrogen (secondary N) is 1. The fraction of sp³-hybridized carbons (Fsp3) is 0.316. The molecule has 8 heteroatoms. The molecule has 2 heterocycles. The van der Waals surface area contributed by atoms with Crippen molar-refractivity contribution in [2.24, 2.45) is 0 Å². The first-order chi connectivity index (χ1) is 13.0. The summed E-state index contributed by atoms with van der Waals surface area (Å²) in [7, 11) is -2.20. The number of methoxy groups -OCH3 is 1. The zero-order chi connectivity index (χ0) is 19.0. The van der Waals surface area contributed by atoms with E-state index in [2.05, 4.69) is 15.3 Å². The van der Waals surface area contributed by atoms with Gasteiger partial charge in [-0.05, 0) is 37.3 Å². The molecule has 0 amide bonds. The van der Waals surface area contributed by atoms with Gasteiger partial charge in [0.2, 0.25) is 0 Å². The average molecular weight is 386 g/mol. The van der Waals surface area contributed by atoms with Gasteiger partial charge in [0.25, 0.3) is 10.0 Å². The summed E-state index contributed by atoms with van der Waals surface area (Å²) in [4.78, 5) is 2.33. The number of fused-ring (bicyclic) bond motifs is 1. The Labute approximate surface area is 158 Å². The zero-order valence-electron chi connectivity index (χ0n) is 15.3. The number of rotatable bonds is 4. The second kappa shape index (κ2) is 6.86. The average Bonchev–Trinajstić information content (AvgIpc) is 3.08. The summed E-state index contributed by atoms with van der Waals surface area (Å²) in [5.74, 6) is 1.34. The number of aryl methyl sites for hydroxylation is 1. The van der Waals surface area contributed by atoms with Crippen LogP contribution in [-0.2, 0) is 10.0 Å². The van der Waals surface area contributed by atoms with E-state index in [9.17, 15) is 8.42 Å². The molecule has 0 saturated carbocycles. The fourth-order valence-corrected chi connectivity index (χ4v) is 4.57. The molecule has 0 radical (unpaired) electrons. The standard InChI is InChI=1S/C19H22N4O3S/c1-14-3-6-16(7-4-14)27(24,25)23-18-8-5-15(26-2)13-17(18)19(21-23)22-11-9-20-10-12-22/h3-8,13,20H,9-12H2,1-2H3. The molecule has 7 nitrogen and oxygen atoms in total. The van der Waals surface area contributed by atoms with E-state index in [0.29, 0.717) is 17.1 Å². The largest absolute Gasteiger partial charge is 0.497 e. The molecule has 4 rings (SSSR count). The molecule has 1 fully saturated rings. The summed E-state index contributed by atoms with van der Waals surface area (Å²) >= 11 is 0. The number of hydrogen-bond donors (Lipinski definition) is 1. The Hall–Kier alpha value is -2.58. The van der Waals surface area contributed by atoms with Gasteiger partial charge in [-0.25, -0.2) is 0 Å². The van der Waals surface area contributed by atoms with E-state index >= 15 is 0 Å². The van der Waals surface area contributed by atoms with E-state index in [0.717, 1.165) is 41.2 Å². The van der Waals surface area contributed by atoms with Gasteiger partial charge in [0.1, 0.15) is 5.75 Å². The monoisotopic (exact) mass is 386 g/mol. The van der Waals surface area contributed by atoms with Gasteiger partial charge in [0, 0.05) is 31.6 Å². The van der Waals surface area contributed by atoms with Gasteiger partial charge in [0.15, 0.2) is 5.82 Å². The molecule has 0 unspecified atom stereocenters. The molecule has 27 heavy (non-hydrogen) atoms. The van der Waals surface area contributed by atoms with Crippen molar-refractivity contribution in [1.82, 2.24) is 14.5 Å². The van der Waals surface area contributed by atoms with Crippen molar-refractivity contribution in [2.45, 2.75) is 11.8 Å². The summed E-state index contributed by atoms with van der Waals surface area (Å²) in [5, 5.41) is 8.60. The molecular formula is C19H22N4O3S. The van der Waals surface area contributed by atoms with Crippen molar-refractivity contribution in [3.63, 3.8) is 0 Å². The Bertz CT molecular complexity index is 1070. The molecule has 3 aromatic rings. The van der Waals surface area contributed by atoms with E-state index in [4.69, 9.17) is 4.74 Å².